The molecule has 3 unspecified atom stereocenters. The zero-order valence-electron chi connectivity index (χ0n) is 23.3. The normalized spacial score (nSPS) is 20.5. The van der Waals surface area contributed by atoms with Crippen molar-refractivity contribution in [2.45, 2.75) is 37.3 Å². The number of carbonyl (C=O) groups excluding carboxylic acids is 2. The van der Waals surface area contributed by atoms with Crippen LogP contribution in [0.3, 0.4) is 0 Å². The van der Waals surface area contributed by atoms with Crippen molar-refractivity contribution in [2.75, 3.05) is 25.7 Å². The molecule has 0 bridgehead atoms. The molecule has 2 saturated carbocycles. The summed E-state index contributed by atoms with van der Waals surface area (Å²) in [4.78, 5) is 32.1. The first-order valence-electron chi connectivity index (χ1n) is 14.2. The van der Waals surface area contributed by atoms with Gasteiger partial charge < -0.3 is 18.9 Å². The van der Waals surface area contributed by atoms with E-state index in [1.54, 1.807) is 14.2 Å². The number of hydrogen-bond donors (Lipinski definition) is 0. The maximum atomic E-state index is 14.5. The van der Waals surface area contributed by atoms with Gasteiger partial charge in [-0.1, -0.05) is 42.5 Å². The van der Waals surface area contributed by atoms with E-state index >= 15 is 0 Å². The van der Waals surface area contributed by atoms with Crippen LogP contribution in [0.1, 0.15) is 48.0 Å². The highest BCUT2D eigenvalue weighted by Gasteiger charge is 2.49. The molecule has 2 heterocycles. The van der Waals surface area contributed by atoms with Crippen LogP contribution in [0.5, 0.6) is 11.5 Å². The summed E-state index contributed by atoms with van der Waals surface area (Å²) in [5.74, 6) is 1.50. The molecule has 1 aromatic heterocycles. The van der Waals surface area contributed by atoms with Crippen LogP contribution in [0.2, 0.25) is 0 Å². The highest BCUT2D eigenvalue weighted by Crippen LogP contribution is 2.50. The van der Waals surface area contributed by atoms with Crippen LogP contribution in [-0.2, 0) is 9.59 Å². The number of ether oxygens (including phenoxy) is 2. The molecule has 3 atom stereocenters. The first-order chi connectivity index (χ1) is 20.1. The van der Waals surface area contributed by atoms with E-state index in [-0.39, 0.29) is 36.2 Å². The molecule has 4 aromatic rings. The number of methoxy groups -OCH3 is 2. The fraction of sp³-hybridized carbons (Fsp3) is 0.294. The van der Waals surface area contributed by atoms with Gasteiger partial charge in [-0.15, -0.1) is 0 Å². The van der Waals surface area contributed by atoms with Crippen LogP contribution in [0, 0.1) is 5.92 Å². The molecular formula is C34H33N3O4. The van der Waals surface area contributed by atoms with E-state index in [2.05, 4.69) is 16.7 Å². The van der Waals surface area contributed by atoms with E-state index < -0.39 is 6.04 Å². The van der Waals surface area contributed by atoms with E-state index in [9.17, 15) is 9.59 Å². The van der Waals surface area contributed by atoms with Crippen LogP contribution in [0.15, 0.2) is 91.1 Å². The molecule has 2 amide bonds. The summed E-state index contributed by atoms with van der Waals surface area (Å²) in [6.07, 6.45) is 4.74. The molecule has 7 rings (SSSR count). The van der Waals surface area contributed by atoms with E-state index in [1.807, 2.05) is 88.8 Å². The summed E-state index contributed by atoms with van der Waals surface area (Å²) in [5.41, 5.74) is 4.69. The summed E-state index contributed by atoms with van der Waals surface area (Å²) >= 11 is 0. The van der Waals surface area contributed by atoms with Gasteiger partial charge in [0.2, 0.25) is 11.8 Å². The van der Waals surface area contributed by atoms with Gasteiger partial charge in [0.25, 0.3) is 0 Å². The third kappa shape index (κ3) is 4.46. The minimum absolute atomic E-state index is 0.0410. The zero-order valence-corrected chi connectivity index (χ0v) is 23.3. The Kier molecular flexibility index (Phi) is 6.30. The van der Waals surface area contributed by atoms with Gasteiger partial charge in [0.1, 0.15) is 24.1 Å². The fourth-order valence-corrected chi connectivity index (χ4v) is 6.35. The van der Waals surface area contributed by atoms with Crippen molar-refractivity contribution < 1.29 is 19.1 Å². The van der Waals surface area contributed by atoms with Gasteiger partial charge in [0.05, 0.1) is 31.3 Å². The summed E-state index contributed by atoms with van der Waals surface area (Å²) in [6, 6.07) is 27.5. The van der Waals surface area contributed by atoms with Gasteiger partial charge in [-0.3, -0.25) is 14.5 Å². The predicted molar refractivity (Wildman–Crippen MR) is 157 cm³/mol. The molecular weight excluding hydrogens is 514 g/mol. The van der Waals surface area contributed by atoms with Crippen molar-refractivity contribution in [3.05, 3.63) is 108 Å². The Morgan fingerprint density at radius 2 is 1.63 bits per heavy atom. The molecule has 0 saturated heterocycles. The zero-order chi connectivity index (χ0) is 28.1. The van der Waals surface area contributed by atoms with Gasteiger partial charge in [0.15, 0.2) is 0 Å². The smallest absolute Gasteiger partial charge is 0.247 e. The van der Waals surface area contributed by atoms with Crippen LogP contribution in [0.4, 0.5) is 5.69 Å². The maximum Gasteiger partial charge on any atom is 0.247 e. The van der Waals surface area contributed by atoms with Gasteiger partial charge in [-0.25, -0.2) is 0 Å². The minimum Gasteiger partial charge on any atom is -0.497 e. The average Bonchev–Trinajstić information content (AvgIpc) is 3.95. The lowest BCUT2D eigenvalue weighted by atomic mass is 9.96. The summed E-state index contributed by atoms with van der Waals surface area (Å²) in [6.45, 7) is 0.0410. The van der Waals surface area contributed by atoms with E-state index in [0.29, 0.717) is 11.5 Å². The standard InChI is InChI=1S/C34H33N3O4/c1-40-24-16-17-31(41-2)27(19-24)33-30-13-8-18-35(30)28-11-6-7-12-29(28)37(33)32(38)21-36(23-14-15-23)34(39)26-20-25(26)22-9-4-3-5-10-22/h3-13,16-19,23,25-26,33H,14-15,20-21H2,1-2H3. The number of anilines is 1. The number of para-hydroxylation sites is 2. The van der Waals surface area contributed by atoms with Crippen molar-refractivity contribution in [1.82, 2.24) is 9.47 Å². The Morgan fingerprint density at radius 3 is 2.37 bits per heavy atom. The number of carbonyl (C=O) groups is 2. The summed E-state index contributed by atoms with van der Waals surface area (Å²) < 4.78 is 13.5. The average molecular weight is 548 g/mol. The number of rotatable bonds is 8. The topological polar surface area (TPSA) is 64.0 Å². The van der Waals surface area contributed by atoms with Gasteiger partial charge in [-0.05, 0) is 73.2 Å². The number of hydrogen-bond acceptors (Lipinski definition) is 4. The summed E-state index contributed by atoms with van der Waals surface area (Å²) in [5, 5.41) is 0. The van der Waals surface area contributed by atoms with E-state index in [1.165, 1.54) is 5.56 Å². The highest BCUT2D eigenvalue weighted by atomic mass is 16.5. The quantitative estimate of drug-likeness (QED) is 0.283. The molecule has 3 aromatic carbocycles. The lowest BCUT2D eigenvalue weighted by Gasteiger charge is -2.40. The first kappa shape index (κ1) is 25.4. The molecule has 0 spiro atoms. The SMILES string of the molecule is COc1ccc(OC)c(C2c3cccn3-c3ccccc3N2C(=O)CN(C(=O)C2CC2c2ccccc2)C2CC2)c1. The Bertz CT molecular complexity index is 1610. The second kappa shape index (κ2) is 10.1. The number of fused-ring (bicyclic) bond motifs is 3. The molecule has 3 aliphatic rings. The van der Waals surface area contributed by atoms with Crippen molar-refractivity contribution in [1.29, 1.82) is 0 Å². The number of benzene rings is 3. The molecule has 2 aliphatic carbocycles. The van der Waals surface area contributed by atoms with Crippen LogP contribution in [-0.4, -0.2) is 48.1 Å². The van der Waals surface area contributed by atoms with Crippen molar-refractivity contribution in [3.63, 3.8) is 0 Å². The number of nitrogens with zero attached hydrogens (tertiary/aromatic N) is 3. The lowest BCUT2D eigenvalue weighted by Crippen LogP contribution is -2.48. The second-order valence-electron chi connectivity index (χ2n) is 11.1. The highest BCUT2D eigenvalue weighted by molar-refractivity contribution is 6.01. The third-order valence-corrected chi connectivity index (χ3v) is 8.63. The molecule has 7 nitrogen and oxygen atoms in total. The minimum atomic E-state index is -0.466. The van der Waals surface area contributed by atoms with Crippen molar-refractivity contribution in [2.24, 2.45) is 5.92 Å². The molecule has 1 aliphatic heterocycles. The van der Waals surface area contributed by atoms with Crippen molar-refractivity contribution in [3.8, 4) is 17.2 Å². The Hall–Kier alpha value is -4.52. The number of aromatic nitrogens is 1. The molecule has 0 N–H and O–H groups in total. The second-order valence-corrected chi connectivity index (χ2v) is 11.1. The molecule has 41 heavy (non-hydrogen) atoms. The largest absolute Gasteiger partial charge is 0.497 e. The Labute approximate surface area is 239 Å². The van der Waals surface area contributed by atoms with Gasteiger partial charge >= 0.3 is 0 Å². The first-order valence-corrected chi connectivity index (χ1v) is 14.2. The Morgan fingerprint density at radius 1 is 0.878 bits per heavy atom. The van der Waals surface area contributed by atoms with E-state index in [4.69, 9.17) is 9.47 Å². The monoisotopic (exact) mass is 547 g/mol. The van der Waals surface area contributed by atoms with E-state index in [0.717, 1.165) is 41.9 Å². The maximum absolute atomic E-state index is 14.5. The van der Waals surface area contributed by atoms with Gasteiger partial charge in [0, 0.05) is 23.7 Å². The number of amides is 2. The van der Waals surface area contributed by atoms with Gasteiger partial charge in [-0.2, -0.15) is 0 Å². The van der Waals surface area contributed by atoms with Crippen LogP contribution >= 0.6 is 0 Å². The predicted octanol–water partition coefficient (Wildman–Crippen LogP) is 5.73. The fourth-order valence-electron chi connectivity index (χ4n) is 6.35. The third-order valence-electron chi connectivity index (χ3n) is 8.63. The Balaban J connectivity index is 1.26. The lowest BCUT2D eigenvalue weighted by molar-refractivity contribution is -0.137. The molecule has 0 radical (unpaired) electrons. The van der Waals surface area contributed by atoms with Crippen molar-refractivity contribution >= 4 is 17.5 Å². The summed E-state index contributed by atoms with van der Waals surface area (Å²) in [7, 11) is 3.27. The molecule has 2 fully saturated rings. The van der Waals surface area contributed by atoms with Crippen LogP contribution in [0.25, 0.3) is 5.69 Å². The molecule has 7 heteroatoms. The molecule has 208 valence electrons. The van der Waals surface area contributed by atoms with Crippen LogP contribution < -0.4 is 14.4 Å².